The monoisotopic (exact) mass is 413 g/mol. The van der Waals surface area contributed by atoms with Crippen molar-refractivity contribution in [2.24, 2.45) is 0 Å². The van der Waals surface area contributed by atoms with Crippen LogP contribution in [0.1, 0.15) is 17.5 Å². The minimum Gasteiger partial charge on any atom is -0.545 e. The lowest BCUT2D eigenvalue weighted by Gasteiger charge is -2.18. The van der Waals surface area contributed by atoms with Crippen LogP contribution >= 0.6 is 23.2 Å². The van der Waals surface area contributed by atoms with Crippen molar-refractivity contribution in [2.75, 3.05) is 12.9 Å². The van der Waals surface area contributed by atoms with Gasteiger partial charge in [0.05, 0.1) is 10.9 Å². The Morgan fingerprint density at radius 2 is 1.58 bits per heavy atom. The van der Waals surface area contributed by atoms with Gasteiger partial charge in [0.15, 0.2) is 9.84 Å². The maximum Gasteiger partial charge on any atom is 0.175 e. The van der Waals surface area contributed by atoms with Crippen LogP contribution in [0.3, 0.4) is 0 Å². The predicted molar refractivity (Wildman–Crippen MR) is 98.7 cm³/mol. The van der Waals surface area contributed by atoms with E-state index in [9.17, 15) is 23.4 Å². The molecular formula is C18H15Cl2O5S-. The molecule has 0 heterocycles. The molecule has 26 heavy (non-hydrogen) atoms. The molecule has 0 spiro atoms. The number of aliphatic hydroxyl groups is 1. The lowest BCUT2D eigenvalue weighted by molar-refractivity contribution is -0.299. The Morgan fingerprint density at radius 3 is 2.00 bits per heavy atom. The van der Waals surface area contributed by atoms with Crippen LogP contribution in [0.5, 0.6) is 0 Å². The van der Waals surface area contributed by atoms with E-state index >= 15 is 0 Å². The zero-order chi connectivity index (χ0) is 19.5. The number of carbonyl (C=O) groups excluding carboxylic acids is 1. The van der Waals surface area contributed by atoms with E-state index in [0.717, 1.165) is 6.26 Å². The minimum absolute atomic E-state index is 0.0990. The van der Waals surface area contributed by atoms with E-state index in [-0.39, 0.29) is 22.5 Å². The molecule has 2 aromatic rings. The summed E-state index contributed by atoms with van der Waals surface area (Å²) in [5, 5.41) is 21.5. The number of aliphatic hydroxyl groups excluding tert-OH is 1. The molecule has 1 N–H and O–H groups in total. The van der Waals surface area contributed by atoms with E-state index < -0.39 is 22.4 Å². The van der Waals surface area contributed by atoms with Crippen LogP contribution < -0.4 is 5.11 Å². The molecule has 0 saturated carbocycles. The average Bonchev–Trinajstić information content (AvgIpc) is 2.53. The first-order valence-electron chi connectivity index (χ1n) is 7.46. The molecule has 0 bridgehead atoms. The van der Waals surface area contributed by atoms with Gasteiger partial charge in [-0.25, -0.2) is 8.42 Å². The molecule has 0 aliphatic heterocycles. The Kier molecular flexibility index (Phi) is 6.47. The van der Waals surface area contributed by atoms with E-state index in [2.05, 4.69) is 0 Å². The maximum absolute atomic E-state index is 11.6. The van der Waals surface area contributed by atoms with Crippen molar-refractivity contribution in [2.45, 2.75) is 11.3 Å². The summed E-state index contributed by atoms with van der Waals surface area (Å²) in [5.74, 6) is -1.45. The zero-order valence-electron chi connectivity index (χ0n) is 13.7. The maximum atomic E-state index is 11.6. The van der Waals surface area contributed by atoms with Crippen LogP contribution in [-0.4, -0.2) is 32.4 Å². The summed E-state index contributed by atoms with van der Waals surface area (Å²) in [7, 11) is -3.40. The topological polar surface area (TPSA) is 94.5 Å². The van der Waals surface area contributed by atoms with Crippen LogP contribution in [0.4, 0.5) is 0 Å². The van der Waals surface area contributed by atoms with Crippen molar-refractivity contribution in [3.8, 4) is 0 Å². The number of carboxylic acid groups (broad SMARTS) is 1. The first-order chi connectivity index (χ1) is 12.1. The average molecular weight is 414 g/mol. The Morgan fingerprint density at radius 1 is 1.04 bits per heavy atom. The largest absolute Gasteiger partial charge is 0.545 e. The SMILES string of the molecule is CS(=O)(=O)c1ccc(/C(=C(\CCO)C(=O)[O-])c2cc(Cl)cc(Cl)c2)cc1. The highest BCUT2D eigenvalue weighted by molar-refractivity contribution is 7.90. The summed E-state index contributed by atoms with van der Waals surface area (Å²) >= 11 is 12.1. The van der Waals surface area contributed by atoms with Crippen LogP contribution in [0.2, 0.25) is 10.0 Å². The fourth-order valence-electron chi connectivity index (χ4n) is 2.52. The third-order valence-electron chi connectivity index (χ3n) is 3.63. The smallest absolute Gasteiger partial charge is 0.175 e. The molecule has 0 aromatic heterocycles. The fraction of sp³-hybridized carbons (Fsp3) is 0.167. The van der Waals surface area contributed by atoms with Crippen LogP contribution in [-0.2, 0) is 14.6 Å². The summed E-state index contributed by atoms with van der Waals surface area (Å²) in [4.78, 5) is 11.7. The standard InChI is InChI=1S/C18H16Cl2O5S/c1-26(24,25)15-4-2-11(3-5-15)17(16(6-7-21)18(22)23)12-8-13(19)10-14(20)9-12/h2-5,8-10,21H,6-7H2,1H3,(H,22,23)/p-1/b17-16-. The fourth-order valence-corrected chi connectivity index (χ4v) is 3.68. The molecule has 0 amide bonds. The van der Waals surface area contributed by atoms with Gasteiger partial charge in [0, 0.05) is 22.9 Å². The van der Waals surface area contributed by atoms with Gasteiger partial charge in [-0.05, 0) is 59.0 Å². The van der Waals surface area contributed by atoms with Gasteiger partial charge in [-0.1, -0.05) is 35.3 Å². The third kappa shape index (κ3) is 4.86. The molecular weight excluding hydrogens is 399 g/mol. The molecule has 0 aliphatic rings. The van der Waals surface area contributed by atoms with E-state index in [1.54, 1.807) is 0 Å². The molecule has 5 nitrogen and oxygen atoms in total. The third-order valence-corrected chi connectivity index (χ3v) is 5.20. The molecule has 0 saturated heterocycles. The molecule has 0 radical (unpaired) electrons. The van der Waals surface area contributed by atoms with Crippen molar-refractivity contribution >= 4 is 44.6 Å². The van der Waals surface area contributed by atoms with Gasteiger partial charge < -0.3 is 15.0 Å². The molecule has 138 valence electrons. The Labute approximate surface area is 161 Å². The predicted octanol–water partition coefficient (Wildman–Crippen LogP) is 2.33. The van der Waals surface area contributed by atoms with Crippen LogP contribution in [0.25, 0.3) is 5.57 Å². The second-order valence-corrected chi connectivity index (χ2v) is 8.46. The second-order valence-electron chi connectivity index (χ2n) is 5.57. The number of sulfone groups is 1. The molecule has 8 heteroatoms. The number of benzene rings is 2. The molecule has 0 fully saturated rings. The Balaban J connectivity index is 2.76. The van der Waals surface area contributed by atoms with E-state index in [1.807, 2.05) is 0 Å². The summed E-state index contributed by atoms with van der Waals surface area (Å²) in [6, 6.07) is 10.3. The van der Waals surface area contributed by atoms with E-state index in [0.29, 0.717) is 21.2 Å². The Bertz CT molecular complexity index is 943. The normalized spacial score (nSPS) is 12.6. The molecule has 0 unspecified atom stereocenters. The highest BCUT2D eigenvalue weighted by Crippen LogP contribution is 2.32. The number of hydrogen-bond acceptors (Lipinski definition) is 5. The van der Waals surface area contributed by atoms with Crippen molar-refractivity contribution in [1.82, 2.24) is 0 Å². The molecule has 0 atom stereocenters. The number of rotatable bonds is 6. The van der Waals surface area contributed by atoms with Crippen molar-refractivity contribution < 1.29 is 23.4 Å². The summed E-state index contributed by atoms with van der Waals surface area (Å²) in [5.41, 5.74) is 0.965. The lowest BCUT2D eigenvalue weighted by Crippen LogP contribution is -2.26. The number of carboxylic acids is 1. The lowest BCUT2D eigenvalue weighted by atomic mass is 9.91. The van der Waals surface area contributed by atoms with Crippen molar-refractivity contribution in [3.63, 3.8) is 0 Å². The number of halogens is 2. The van der Waals surface area contributed by atoms with Crippen LogP contribution in [0.15, 0.2) is 52.9 Å². The van der Waals surface area contributed by atoms with E-state index in [1.165, 1.54) is 42.5 Å². The highest BCUT2D eigenvalue weighted by Gasteiger charge is 2.16. The van der Waals surface area contributed by atoms with Crippen LogP contribution in [0, 0.1) is 0 Å². The quantitative estimate of drug-likeness (QED) is 0.733. The van der Waals surface area contributed by atoms with Gasteiger partial charge in [-0.3, -0.25) is 0 Å². The van der Waals surface area contributed by atoms with Gasteiger partial charge in [-0.15, -0.1) is 0 Å². The zero-order valence-corrected chi connectivity index (χ0v) is 16.0. The van der Waals surface area contributed by atoms with Gasteiger partial charge in [0.1, 0.15) is 0 Å². The molecule has 2 rings (SSSR count). The van der Waals surface area contributed by atoms with Gasteiger partial charge >= 0.3 is 0 Å². The summed E-state index contributed by atoms with van der Waals surface area (Å²) in [6.45, 7) is -0.400. The second kappa shape index (κ2) is 8.22. The van der Waals surface area contributed by atoms with Gasteiger partial charge in [-0.2, -0.15) is 0 Å². The first kappa shape index (κ1) is 20.5. The van der Waals surface area contributed by atoms with Crippen molar-refractivity contribution in [3.05, 3.63) is 69.2 Å². The summed E-state index contributed by atoms with van der Waals surface area (Å²) < 4.78 is 23.3. The number of carbonyl (C=O) groups is 1. The first-order valence-corrected chi connectivity index (χ1v) is 10.1. The number of aliphatic carboxylic acids is 1. The van der Waals surface area contributed by atoms with E-state index in [4.69, 9.17) is 23.2 Å². The molecule has 2 aromatic carbocycles. The summed E-state index contributed by atoms with van der Waals surface area (Å²) in [6.07, 6.45) is 0.920. The minimum atomic E-state index is -3.40. The molecule has 0 aliphatic carbocycles. The Hall–Kier alpha value is -1.86. The van der Waals surface area contributed by atoms with Gasteiger partial charge in [0.25, 0.3) is 0 Å². The number of hydrogen-bond donors (Lipinski definition) is 1. The van der Waals surface area contributed by atoms with Gasteiger partial charge in [0.2, 0.25) is 0 Å². The van der Waals surface area contributed by atoms with Crippen molar-refractivity contribution in [1.29, 1.82) is 0 Å². The highest BCUT2D eigenvalue weighted by atomic mass is 35.5.